The predicted octanol–water partition coefficient (Wildman–Crippen LogP) is 1.35. The molecule has 1 heterocycles. The molecule has 1 aromatic rings. The SMILES string of the molecule is Cl.NCCc1ncc(C(F)(F)F)[nH]1. The molecule has 0 saturated carbocycles. The van der Waals surface area contributed by atoms with Gasteiger partial charge in [-0.3, -0.25) is 0 Å². The van der Waals surface area contributed by atoms with Crippen molar-refractivity contribution in [2.75, 3.05) is 6.54 Å². The molecule has 0 fully saturated rings. The summed E-state index contributed by atoms with van der Waals surface area (Å²) in [7, 11) is 0. The normalized spacial score (nSPS) is 11.1. The van der Waals surface area contributed by atoms with Crippen LogP contribution in [-0.2, 0) is 12.6 Å². The van der Waals surface area contributed by atoms with Gasteiger partial charge >= 0.3 is 6.18 Å². The minimum absolute atomic E-state index is 0. The monoisotopic (exact) mass is 215 g/mol. The lowest BCUT2D eigenvalue weighted by molar-refractivity contribution is -0.140. The van der Waals surface area contributed by atoms with E-state index in [1.165, 1.54) is 0 Å². The minimum Gasteiger partial charge on any atom is -0.338 e. The van der Waals surface area contributed by atoms with E-state index in [2.05, 4.69) is 9.97 Å². The maximum atomic E-state index is 11.9. The summed E-state index contributed by atoms with van der Waals surface area (Å²) in [6.07, 6.45) is -3.25. The van der Waals surface area contributed by atoms with Crippen LogP contribution in [0.4, 0.5) is 13.2 Å². The van der Waals surface area contributed by atoms with Crippen molar-refractivity contribution in [1.29, 1.82) is 0 Å². The highest BCUT2D eigenvalue weighted by atomic mass is 35.5. The Hall–Kier alpha value is -0.750. The first-order chi connectivity index (χ1) is 5.54. The number of nitrogens with two attached hydrogens (primary N) is 1. The van der Waals surface area contributed by atoms with Crippen molar-refractivity contribution in [2.24, 2.45) is 5.73 Å². The first-order valence-corrected chi connectivity index (χ1v) is 3.35. The molecule has 3 N–H and O–H groups in total. The number of halogens is 4. The summed E-state index contributed by atoms with van der Waals surface area (Å²) in [5.74, 6) is 0.268. The second-order valence-corrected chi connectivity index (χ2v) is 2.28. The van der Waals surface area contributed by atoms with Gasteiger partial charge in [-0.25, -0.2) is 4.98 Å². The Bertz CT molecular complexity index is 258. The van der Waals surface area contributed by atoms with Crippen LogP contribution in [0.15, 0.2) is 6.20 Å². The van der Waals surface area contributed by atoms with E-state index >= 15 is 0 Å². The minimum atomic E-state index is -4.35. The van der Waals surface area contributed by atoms with E-state index in [-0.39, 0.29) is 24.8 Å². The molecule has 0 unspecified atom stereocenters. The Morgan fingerprint density at radius 2 is 2.08 bits per heavy atom. The second-order valence-electron chi connectivity index (χ2n) is 2.28. The third kappa shape index (κ3) is 3.23. The predicted molar refractivity (Wildman–Crippen MR) is 43.6 cm³/mol. The Morgan fingerprint density at radius 3 is 2.46 bits per heavy atom. The first-order valence-electron chi connectivity index (χ1n) is 3.35. The van der Waals surface area contributed by atoms with Gasteiger partial charge in [0.25, 0.3) is 0 Å². The van der Waals surface area contributed by atoms with E-state index in [0.717, 1.165) is 6.20 Å². The Labute approximate surface area is 78.9 Å². The van der Waals surface area contributed by atoms with Crippen molar-refractivity contribution in [3.8, 4) is 0 Å². The fraction of sp³-hybridized carbons (Fsp3) is 0.500. The summed E-state index contributed by atoms with van der Waals surface area (Å²) >= 11 is 0. The molecule has 0 radical (unpaired) electrons. The van der Waals surface area contributed by atoms with E-state index < -0.39 is 11.9 Å². The summed E-state index contributed by atoms with van der Waals surface area (Å²) in [5, 5.41) is 0. The molecule has 0 spiro atoms. The van der Waals surface area contributed by atoms with Crippen molar-refractivity contribution in [3.63, 3.8) is 0 Å². The smallest absolute Gasteiger partial charge is 0.338 e. The van der Waals surface area contributed by atoms with Crippen LogP contribution in [-0.4, -0.2) is 16.5 Å². The summed E-state index contributed by atoms with van der Waals surface area (Å²) in [5.41, 5.74) is 4.31. The van der Waals surface area contributed by atoms with Gasteiger partial charge in [0.1, 0.15) is 11.5 Å². The summed E-state index contributed by atoms with van der Waals surface area (Å²) in [4.78, 5) is 5.65. The van der Waals surface area contributed by atoms with Gasteiger partial charge in [0.05, 0.1) is 6.20 Å². The Kier molecular flexibility index (Phi) is 4.22. The van der Waals surface area contributed by atoms with E-state index in [9.17, 15) is 13.2 Å². The zero-order chi connectivity index (χ0) is 9.19. The van der Waals surface area contributed by atoms with Crippen molar-refractivity contribution in [2.45, 2.75) is 12.6 Å². The highest BCUT2D eigenvalue weighted by Crippen LogP contribution is 2.27. The first kappa shape index (κ1) is 12.2. The Balaban J connectivity index is 0.00000144. The van der Waals surface area contributed by atoms with Gasteiger partial charge in [-0.15, -0.1) is 12.4 Å². The van der Waals surface area contributed by atoms with Gasteiger partial charge in [-0.2, -0.15) is 13.2 Å². The molecule has 0 aliphatic heterocycles. The van der Waals surface area contributed by atoms with Crippen LogP contribution >= 0.6 is 12.4 Å². The largest absolute Gasteiger partial charge is 0.432 e. The molecule has 3 nitrogen and oxygen atoms in total. The van der Waals surface area contributed by atoms with Gasteiger partial charge in [-0.1, -0.05) is 0 Å². The molecule has 1 aromatic heterocycles. The van der Waals surface area contributed by atoms with E-state index in [0.29, 0.717) is 6.42 Å². The zero-order valence-electron chi connectivity index (χ0n) is 6.56. The lowest BCUT2D eigenvalue weighted by atomic mass is 10.4. The molecule has 0 atom stereocenters. The van der Waals surface area contributed by atoms with Crippen LogP contribution in [0.25, 0.3) is 0 Å². The quantitative estimate of drug-likeness (QED) is 0.783. The number of rotatable bonds is 2. The maximum absolute atomic E-state index is 11.9. The number of hydrogen-bond donors (Lipinski definition) is 2. The third-order valence-electron chi connectivity index (χ3n) is 1.31. The standard InChI is InChI=1S/C6H8F3N3.ClH/c7-6(8,9)4-3-11-5(12-4)1-2-10;/h3H,1-2,10H2,(H,11,12);1H. The number of hydrogen-bond acceptors (Lipinski definition) is 2. The zero-order valence-corrected chi connectivity index (χ0v) is 7.37. The van der Waals surface area contributed by atoms with Crippen molar-refractivity contribution in [3.05, 3.63) is 17.7 Å². The maximum Gasteiger partial charge on any atom is 0.432 e. The number of aromatic nitrogens is 2. The van der Waals surface area contributed by atoms with E-state index in [1.807, 2.05) is 0 Å². The van der Waals surface area contributed by atoms with Gasteiger partial charge in [0.15, 0.2) is 0 Å². The lowest BCUT2D eigenvalue weighted by Gasteiger charge is -2.00. The van der Waals surface area contributed by atoms with Crippen LogP contribution in [0, 0.1) is 0 Å². The molecule has 7 heteroatoms. The molecule has 0 saturated heterocycles. The second kappa shape index (κ2) is 4.48. The third-order valence-corrected chi connectivity index (χ3v) is 1.31. The van der Waals surface area contributed by atoms with Crippen LogP contribution in [0.2, 0.25) is 0 Å². The van der Waals surface area contributed by atoms with Crippen molar-refractivity contribution in [1.82, 2.24) is 9.97 Å². The fourth-order valence-electron chi connectivity index (χ4n) is 0.770. The van der Waals surface area contributed by atoms with Gasteiger partial charge < -0.3 is 10.7 Å². The van der Waals surface area contributed by atoms with Crippen LogP contribution in [0.1, 0.15) is 11.5 Å². The van der Waals surface area contributed by atoms with Crippen molar-refractivity contribution < 1.29 is 13.2 Å². The lowest BCUT2D eigenvalue weighted by Crippen LogP contribution is -2.07. The van der Waals surface area contributed by atoms with Crippen molar-refractivity contribution >= 4 is 12.4 Å². The highest BCUT2D eigenvalue weighted by molar-refractivity contribution is 5.85. The number of aromatic amines is 1. The van der Waals surface area contributed by atoms with Gasteiger partial charge in [-0.05, 0) is 6.54 Å². The fourth-order valence-corrected chi connectivity index (χ4v) is 0.770. The Morgan fingerprint density at radius 1 is 1.46 bits per heavy atom. The molecule has 13 heavy (non-hydrogen) atoms. The topological polar surface area (TPSA) is 54.7 Å². The molecule has 76 valence electrons. The van der Waals surface area contributed by atoms with Crippen LogP contribution in [0.5, 0.6) is 0 Å². The molecule has 0 amide bonds. The number of H-pyrrole nitrogens is 1. The number of imidazole rings is 1. The summed E-state index contributed by atoms with van der Waals surface area (Å²) < 4.78 is 35.8. The molecule has 1 rings (SSSR count). The molecule has 0 aliphatic rings. The van der Waals surface area contributed by atoms with Gasteiger partial charge in [0, 0.05) is 6.42 Å². The van der Waals surface area contributed by atoms with E-state index in [4.69, 9.17) is 5.73 Å². The summed E-state index contributed by atoms with van der Waals surface area (Å²) in [6, 6.07) is 0. The summed E-state index contributed by atoms with van der Waals surface area (Å²) in [6.45, 7) is 0.283. The molecular weight excluding hydrogens is 207 g/mol. The molecule has 0 aliphatic carbocycles. The van der Waals surface area contributed by atoms with E-state index in [1.54, 1.807) is 0 Å². The average Bonchev–Trinajstić information content (AvgIpc) is 2.35. The highest BCUT2D eigenvalue weighted by Gasteiger charge is 2.32. The molecule has 0 aromatic carbocycles. The average molecular weight is 216 g/mol. The van der Waals surface area contributed by atoms with Gasteiger partial charge in [0.2, 0.25) is 0 Å². The number of nitrogens with zero attached hydrogens (tertiary/aromatic N) is 1. The number of nitrogens with one attached hydrogen (secondary N) is 1. The van der Waals surface area contributed by atoms with Crippen LogP contribution in [0.3, 0.4) is 0 Å². The number of alkyl halides is 3. The molecule has 0 bridgehead atoms. The van der Waals surface area contributed by atoms with Crippen LogP contribution < -0.4 is 5.73 Å². The molecular formula is C6H9ClF3N3.